The summed E-state index contributed by atoms with van der Waals surface area (Å²) in [6, 6.07) is 12.4. The lowest BCUT2D eigenvalue weighted by molar-refractivity contribution is -0.135. The molecule has 0 aliphatic carbocycles. The summed E-state index contributed by atoms with van der Waals surface area (Å²) >= 11 is 0. The van der Waals surface area contributed by atoms with Gasteiger partial charge in [-0.05, 0) is 41.7 Å². The monoisotopic (exact) mass is 309 g/mol. The summed E-state index contributed by atoms with van der Waals surface area (Å²) in [6.07, 6.45) is 5.36. The molecule has 1 aliphatic rings. The number of hydrogen-bond acceptors (Lipinski definition) is 3. The molecule has 1 atom stereocenters. The van der Waals surface area contributed by atoms with Crippen LogP contribution in [0, 0.1) is 0 Å². The van der Waals surface area contributed by atoms with E-state index in [1.807, 2.05) is 17.0 Å². The van der Waals surface area contributed by atoms with E-state index in [0.717, 1.165) is 38.0 Å². The summed E-state index contributed by atoms with van der Waals surface area (Å²) in [4.78, 5) is 18.5. The van der Waals surface area contributed by atoms with Gasteiger partial charge in [-0.25, -0.2) is 0 Å². The van der Waals surface area contributed by atoms with Crippen LogP contribution in [0.2, 0.25) is 0 Å². The second-order valence-corrected chi connectivity index (χ2v) is 5.97. The summed E-state index contributed by atoms with van der Waals surface area (Å²) in [6.45, 7) is 4.68. The normalized spacial score (nSPS) is 18.2. The quantitative estimate of drug-likeness (QED) is 0.923. The molecular formula is C19H23N3O. The molecule has 1 amide bonds. The van der Waals surface area contributed by atoms with Crippen LogP contribution in [0.3, 0.4) is 0 Å². The maximum atomic E-state index is 12.5. The Morgan fingerprint density at radius 3 is 2.52 bits per heavy atom. The molecule has 0 spiro atoms. The Morgan fingerprint density at radius 2 is 1.83 bits per heavy atom. The second kappa shape index (κ2) is 7.38. The third-order valence-electron chi connectivity index (χ3n) is 4.28. The predicted octanol–water partition coefficient (Wildman–Crippen LogP) is 2.50. The Morgan fingerprint density at radius 1 is 1.13 bits per heavy atom. The van der Waals surface area contributed by atoms with Crippen molar-refractivity contribution in [1.29, 1.82) is 0 Å². The fourth-order valence-electron chi connectivity index (χ4n) is 3.06. The van der Waals surface area contributed by atoms with E-state index in [1.165, 1.54) is 11.1 Å². The van der Waals surface area contributed by atoms with Crippen molar-refractivity contribution in [2.24, 2.45) is 0 Å². The highest BCUT2D eigenvalue weighted by Gasteiger charge is 2.27. The van der Waals surface area contributed by atoms with Crippen LogP contribution in [-0.4, -0.2) is 41.5 Å². The number of rotatable bonds is 5. The van der Waals surface area contributed by atoms with Crippen LogP contribution in [0.4, 0.5) is 0 Å². The van der Waals surface area contributed by atoms with Crippen molar-refractivity contribution in [3.8, 4) is 11.1 Å². The number of nitrogens with one attached hydrogen (secondary N) is 1. The van der Waals surface area contributed by atoms with Gasteiger partial charge in [0.1, 0.15) is 0 Å². The molecule has 1 N–H and O–H groups in total. The molecule has 1 aliphatic heterocycles. The Kier molecular flexibility index (Phi) is 5.03. The van der Waals surface area contributed by atoms with Crippen molar-refractivity contribution in [3.63, 3.8) is 0 Å². The topological polar surface area (TPSA) is 45.2 Å². The molecule has 4 heteroatoms. The first kappa shape index (κ1) is 15.7. The highest BCUT2D eigenvalue weighted by molar-refractivity contribution is 5.83. The highest BCUT2D eigenvalue weighted by atomic mass is 16.2. The number of nitrogens with zero attached hydrogens (tertiary/aromatic N) is 2. The van der Waals surface area contributed by atoms with Crippen molar-refractivity contribution in [2.45, 2.75) is 25.8 Å². The van der Waals surface area contributed by atoms with Crippen LogP contribution in [-0.2, 0) is 11.2 Å². The van der Waals surface area contributed by atoms with E-state index in [0.29, 0.717) is 0 Å². The van der Waals surface area contributed by atoms with Crippen LogP contribution < -0.4 is 5.32 Å². The van der Waals surface area contributed by atoms with E-state index in [2.05, 4.69) is 41.5 Å². The summed E-state index contributed by atoms with van der Waals surface area (Å²) in [5, 5.41) is 3.35. The van der Waals surface area contributed by atoms with Gasteiger partial charge in [-0.15, -0.1) is 0 Å². The van der Waals surface area contributed by atoms with Crippen LogP contribution in [0.5, 0.6) is 0 Å². The van der Waals surface area contributed by atoms with E-state index in [-0.39, 0.29) is 11.9 Å². The zero-order valence-corrected chi connectivity index (χ0v) is 13.5. The van der Waals surface area contributed by atoms with Gasteiger partial charge in [0.05, 0.1) is 6.04 Å². The van der Waals surface area contributed by atoms with Crippen molar-refractivity contribution >= 4 is 5.91 Å². The van der Waals surface area contributed by atoms with Crippen LogP contribution in [0.15, 0.2) is 48.8 Å². The fourth-order valence-corrected chi connectivity index (χ4v) is 3.06. The Bertz CT molecular complexity index is 637. The van der Waals surface area contributed by atoms with Crippen LogP contribution >= 0.6 is 0 Å². The number of aromatic nitrogens is 1. The lowest BCUT2D eigenvalue weighted by Crippen LogP contribution is -2.55. The summed E-state index contributed by atoms with van der Waals surface area (Å²) in [5.41, 5.74) is 3.52. The molecule has 0 saturated carbocycles. The molecule has 1 saturated heterocycles. The summed E-state index contributed by atoms with van der Waals surface area (Å²) in [5.74, 6) is 0.233. The second-order valence-electron chi connectivity index (χ2n) is 5.97. The zero-order chi connectivity index (χ0) is 16.1. The number of pyridine rings is 1. The summed E-state index contributed by atoms with van der Waals surface area (Å²) < 4.78 is 0. The molecular weight excluding hydrogens is 286 g/mol. The molecule has 0 bridgehead atoms. The van der Waals surface area contributed by atoms with E-state index in [1.54, 1.807) is 12.4 Å². The first-order chi connectivity index (χ1) is 11.3. The number of carbonyl (C=O) groups is 1. The predicted molar refractivity (Wildman–Crippen MR) is 92.0 cm³/mol. The minimum absolute atomic E-state index is 0.0953. The number of amides is 1. The van der Waals surface area contributed by atoms with Crippen molar-refractivity contribution in [2.75, 3.05) is 19.6 Å². The SMILES string of the molecule is CCCN1CCN[C@H](Cc2ccc(-c3ccncc3)cc2)C1=O. The molecule has 23 heavy (non-hydrogen) atoms. The van der Waals surface area contributed by atoms with Gasteiger partial charge in [0.2, 0.25) is 5.91 Å². The fraction of sp³-hybridized carbons (Fsp3) is 0.368. The van der Waals surface area contributed by atoms with Crippen molar-refractivity contribution < 1.29 is 4.79 Å². The lowest BCUT2D eigenvalue weighted by Gasteiger charge is -2.33. The first-order valence-electron chi connectivity index (χ1n) is 8.29. The molecule has 4 nitrogen and oxygen atoms in total. The van der Waals surface area contributed by atoms with Gasteiger partial charge in [0.15, 0.2) is 0 Å². The minimum atomic E-state index is -0.0953. The highest BCUT2D eigenvalue weighted by Crippen LogP contribution is 2.19. The summed E-state index contributed by atoms with van der Waals surface area (Å²) in [7, 11) is 0. The number of benzene rings is 1. The molecule has 1 aromatic carbocycles. The third kappa shape index (κ3) is 3.77. The molecule has 3 rings (SSSR count). The zero-order valence-electron chi connectivity index (χ0n) is 13.5. The largest absolute Gasteiger partial charge is 0.340 e. The Labute approximate surface area is 137 Å². The van der Waals surface area contributed by atoms with Gasteiger partial charge in [-0.1, -0.05) is 31.2 Å². The molecule has 2 heterocycles. The Balaban J connectivity index is 1.67. The standard InChI is InChI=1S/C19H23N3O/c1-2-12-22-13-11-21-18(19(22)23)14-15-3-5-16(6-4-15)17-7-9-20-10-8-17/h3-10,18,21H,2,11-14H2,1H3/t18-/m1/s1. The van der Waals surface area contributed by atoms with Gasteiger partial charge < -0.3 is 10.2 Å². The number of hydrogen-bond donors (Lipinski definition) is 1. The van der Waals surface area contributed by atoms with Crippen LogP contribution in [0.25, 0.3) is 11.1 Å². The first-order valence-corrected chi connectivity index (χ1v) is 8.29. The smallest absolute Gasteiger partial charge is 0.240 e. The van der Waals surface area contributed by atoms with Crippen LogP contribution in [0.1, 0.15) is 18.9 Å². The average molecular weight is 309 g/mol. The van der Waals surface area contributed by atoms with Crippen molar-refractivity contribution in [1.82, 2.24) is 15.2 Å². The lowest BCUT2D eigenvalue weighted by atomic mass is 10.00. The molecule has 120 valence electrons. The minimum Gasteiger partial charge on any atom is -0.340 e. The molecule has 1 aromatic heterocycles. The van der Waals surface area contributed by atoms with Gasteiger partial charge >= 0.3 is 0 Å². The average Bonchev–Trinajstić information content (AvgIpc) is 2.60. The van der Waals surface area contributed by atoms with E-state index >= 15 is 0 Å². The van der Waals surface area contributed by atoms with E-state index in [9.17, 15) is 4.79 Å². The van der Waals surface area contributed by atoms with E-state index < -0.39 is 0 Å². The molecule has 0 radical (unpaired) electrons. The van der Waals surface area contributed by atoms with Gasteiger partial charge in [0, 0.05) is 32.0 Å². The van der Waals surface area contributed by atoms with Gasteiger partial charge in [-0.3, -0.25) is 9.78 Å². The maximum absolute atomic E-state index is 12.5. The maximum Gasteiger partial charge on any atom is 0.240 e. The van der Waals surface area contributed by atoms with Gasteiger partial charge in [0.25, 0.3) is 0 Å². The Hall–Kier alpha value is -2.20. The van der Waals surface area contributed by atoms with Crippen molar-refractivity contribution in [3.05, 3.63) is 54.4 Å². The molecule has 0 unspecified atom stereocenters. The van der Waals surface area contributed by atoms with E-state index in [4.69, 9.17) is 0 Å². The third-order valence-corrected chi connectivity index (χ3v) is 4.28. The molecule has 2 aromatic rings. The number of carbonyl (C=O) groups excluding carboxylic acids is 1. The molecule has 1 fully saturated rings. The van der Waals surface area contributed by atoms with Gasteiger partial charge in [-0.2, -0.15) is 0 Å². The number of piperazine rings is 1.